The monoisotopic (exact) mass is 259 g/mol. The van der Waals surface area contributed by atoms with Crippen molar-refractivity contribution in [1.82, 2.24) is 15.1 Å². The maximum Gasteiger partial charge on any atom is 0.123 e. The van der Waals surface area contributed by atoms with Crippen molar-refractivity contribution in [2.24, 2.45) is 7.05 Å². The van der Waals surface area contributed by atoms with Crippen LogP contribution < -0.4 is 10.1 Å². The quantitative estimate of drug-likeness (QED) is 0.866. The molecule has 19 heavy (non-hydrogen) atoms. The van der Waals surface area contributed by atoms with Gasteiger partial charge < -0.3 is 10.1 Å². The Morgan fingerprint density at radius 1 is 1.37 bits per heavy atom. The van der Waals surface area contributed by atoms with E-state index in [4.69, 9.17) is 4.74 Å². The van der Waals surface area contributed by atoms with Crippen molar-refractivity contribution in [3.8, 4) is 5.75 Å². The molecule has 0 spiro atoms. The minimum Gasteiger partial charge on any atom is -0.496 e. The second-order valence-corrected chi connectivity index (χ2v) is 4.58. The lowest BCUT2D eigenvalue weighted by molar-refractivity contribution is 0.404. The summed E-state index contributed by atoms with van der Waals surface area (Å²) >= 11 is 0. The van der Waals surface area contributed by atoms with E-state index in [1.54, 1.807) is 7.11 Å². The molecule has 4 nitrogen and oxygen atoms in total. The van der Waals surface area contributed by atoms with Gasteiger partial charge in [-0.25, -0.2) is 0 Å². The van der Waals surface area contributed by atoms with Crippen LogP contribution in [0.2, 0.25) is 0 Å². The average molecular weight is 259 g/mol. The molecule has 0 bridgehead atoms. The lowest BCUT2D eigenvalue weighted by Crippen LogP contribution is -2.23. The van der Waals surface area contributed by atoms with Gasteiger partial charge in [0.2, 0.25) is 0 Å². The summed E-state index contributed by atoms with van der Waals surface area (Å²) in [6.45, 7) is 3.12. The summed E-state index contributed by atoms with van der Waals surface area (Å²) in [6.07, 6.45) is 5.03. The van der Waals surface area contributed by atoms with E-state index in [2.05, 4.69) is 23.4 Å². The van der Waals surface area contributed by atoms with Crippen LogP contribution in [-0.4, -0.2) is 23.4 Å². The van der Waals surface area contributed by atoms with Gasteiger partial charge in [-0.1, -0.05) is 25.1 Å². The van der Waals surface area contributed by atoms with Gasteiger partial charge >= 0.3 is 0 Å². The van der Waals surface area contributed by atoms with E-state index in [0.29, 0.717) is 0 Å². The van der Waals surface area contributed by atoms with E-state index < -0.39 is 0 Å². The Hall–Kier alpha value is -1.81. The van der Waals surface area contributed by atoms with Crippen molar-refractivity contribution >= 4 is 0 Å². The van der Waals surface area contributed by atoms with Crippen LogP contribution in [0.25, 0.3) is 0 Å². The van der Waals surface area contributed by atoms with E-state index in [1.165, 1.54) is 0 Å². The highest BCUT2D eigenvalue weighted by Crippen LogP contribution is 2.29. The van der Waals surface area contributed by atoms with Crippen LogP contribution in [0.3, 0.4) is 0 Å². The molecule has 102 valence electrons. The van der Waals surface area contributed by atoms with Gasteiger partial charge in [0.15, 0.2) is 0 Å². The molecule has 0 amide bonds. The van der Waals surface area contributed by atoms with E-state index in [9.17, 15) is 0 Å². The molecular weight excluding hydrogens is 238 g/mol. The van der Waals surface area contributed by atoms with Crippen LogP contribution in [0.4, 0.5) is 0 Å². The lowest BCUT2D eigenvalue weighted by atomic mass is 10.0. The highest BCUT2D eigenvalue weighted by molar-refractivity contribution is 5.40. The Kier molecular flexibility index (Phi) is 4.58. The highest BCUT2D eigenvalue weighted by atomic mass is 16.5. The molecule has 1 heterocycles. The van der Waals surface area contributed by atoms with Crippen LogP contribution in [-0.2, 0) is 7.05 Å². The molecule has 0 radical (unpaired) electrons. The van der Waals surface area contributed by atoms with Crippen molar-refractivity contribution in [3.05, 3.63) is 47.8 Å². The number of aromatic nitrogens is 2. The van der Waals surface area contributed by atoms with Gasteiger partial charge in [0.1, 0.15) is 5.75 Å². The molecule has 0 fully saturated rings. The Morgan fingerprint density at radius 2 is 2.16 bits per heavy atom. The van der Waals surface area contributed by atoms with Gasteiger partial charge in [0.25, 0.3) is 0 Å². The van der Waals surface area contributed by atoms with Crippen LogP contribution in [0.1, 0.15) is 30.5 Å². The molecule has 0 saturated carbocycles. The predicted molar refractivity (Wildman–Crippen MR) is 76.3 cm³/mol. The normalized spacial score (nSPS) is 12.4. The van der Waals surface area contributed by atoms with Crippen molar-refractivity contribution in [3.63, 3.8) is 0 Å². The molecule has 1 atom stereocenters. The Labute approximate surface area is 114 Å². The average Bonchev–Trinajstić information content (AvgIpc) is 2.86. The standard InChI is InChI=1S/C15H21N3O/c1-4-9-16-15(12-10-17-18(2)11-12)13-7-5-6-8-14(13)19-3/h5-8,10-11,15-16H,4,9H2,1-3H3. The zero-order valence-electron chi connectivity index (χ0n) is 11.8. The first-order valence-corrected chi connectivity index (χ1v) is 6.61. The van der Waals surface area contributed by atoms with Crippen LogP contribution in [0.15, 0.2) is 36.7 Å². The molecule has 1 aromatic carbocycles. The van der Waals surface area contributed by atoms with Crippen LogP contribution in [0.5, 0.6) is 5.75 Å². The fourth-order valence-electron chi connectivity index (χ4n) is 2.19. The van der Waals surface area contributed by atoms with Gasteiger partial charge in [0.05, 0.1) is 19.3 Å². The molecule has 0 aliphatic rings. The summed E-state index contributed by atoms with van der Waals surface area (Å²) in [5.41, 5.74) is 2.30. The number of rotatable bonds is 6. The van der Waals surface area contributed by atoms with Crippen LogP contribution >= 0.6 is 0 Å². The van der Waals surface area contributed by atoms with Crippen molar-refractivity contribution in [2.45, 2.75) is 19.4 Å². The van der Waals surface area contributed by atoms with Gasteiger partial charge in [-0.05, 0) is 19.0 Å². The Morgan fingerprint density at radius 3 is 2.79 bits per heavy atom. The molecule has 0 aliphatic heterocycles. The molecule has 1 N–H and O–H groups in total. The number of aryl methyl sites for hydroxylation is 1. The number of para-hydroxylation sites is 1. The summed E-state index contributed by atoms with van der Waals surface area (Å²) in [6, 6.07) is 8.23. The molecule has 0 aliphatic carbocycles. The molecule has 2 aromatic rings. The third-order valence-corrected chi connectivity index (χ3v) is 3.11. The Bertz CT molecular complexity index is 522. The number of benzene rings is 1. The predicted octanol–water partition coefficient (Wildman–Crippen LogP) is 2.52. The third kappa shape index (κ3) is 3.15. The SMILES string of the molecule is CCCNC(c1cnn(C)c1)c1ccccc1OC. The van der Waals surface area contributed by atoms with Crippen molar-refractivity contribution < 1.29 is 4.74 Å². The smallest absolute Gasteiger partial charge is 0.123 e. The summed E-state index contributed by atoms with van der Waals surface area (Å²) < 4.78 is 7.29. The summed E-state index contributed by atoms with van der Waals surface area (Å²) in [5.74, 6) is 0.903. The molecule has 1 unspecified atom stereocenters. The first-order chi connectivity index (χ1) is 9.26. The van der Waals surface area contributed by atoms with Gasteiger partial charge in [0, 0.05) is 24.4 Å². The summed E-state index contributed by atoms with van der Waals surface area (Å²) in [4.78, 5) is 0. The van der Waals surface area contributed by atoms with Crippen molar-refractivity contribution in [2.75, 3.05) is 13.7 Å². The van der Waals surface area contributed by atoms with Crippen molar-refractivity contribution in [1.29, 1.82) is 0 Å². The maximum atomic E-state index is 5.47. The zero-order chi connectivity index (χ0) is 13.7. The van der Waals surface area contributed by atoms with E-state index in [-0.39, 0.29) is 6.04 Å². The third-order valence-electron chi connectivity index (χ3n) is 3.11. The van der Waals surface area contributed by atoms with E-state index in [1.807, 2.05) is 42.3 Å². The molecule has 2 rings (SSSR count). The van der Waals surface area contributed by atoms with Gasteiger partial charge in [-0.3, -0.25) is 4.68 Å². The second kappa shape index (κ2) is 6.38. The van der Waals surface area contributed by atoms with E-state index in [0.717, 1.165) is 29.8 Å². The molecular formula is C15H21N3O. The van der Waals surface area contributed by atoms with Gasteiger partial charge in [-0.2, -0.15) is 5.10 Å². The Balaban J connectivity index is 2.36. The van der Waals surface area contributed by atoms with Crippen LogP contribution in [0, 0.1) is 0 Å². The van der Waals surface area contributed by atoms with Gasteiger partial charge in [-0.15, -0.1) is 0 Å². The molecule has 4 heteroatoms. The minimum absolute atomic E-state index is 0.116. The molecule has 0 saturated heterocycles. The minimum atomic E-state index is 0.116. The maximum absolute atomic E-state index is 5.47. The number of hydrogen-bond acceptors (Lipinski definition) is 3. The largest absolute Gasteiger partial charge is 0.496 e. The number of methoxy groups -OCH3 is 1. The lowest BCUT2D eigenvalue weighted by Gasteiger charge is -2.20. The second-order valence-electron chi connectivity index (χ2n) is 4.58. The summed E-state index contributed by atoms with van der Waals surface area (Å²) in [5, 5.41) is 7.82. The fourth-order valence-corrected chi connectivity index (χ4v) is 2.19. The number of hydrogen-bond donors (Lipinski definition) is 1. The van der Waals surface area contributed by atoms with E-state index >= 15 is 0 Å². The summed E-state index contributed by atoms with van der Waals surface area (Å²) in [7, 11) is 3.64. The number of nitrogens with zero attached hydrogens (tertiary/aromatic N) is 2. The number of ether oxygens (including phenoxy) is 1. The highest BCUT2D eigenvalue weighted by Gasteiger charge is 2.18. The zero-order valence-corrected chi connectivity index (χ0v) is 11.8. The first kappa shape index (κ1) is 13.6. The number of nitrogens with one attached hydrogen (secondary N) is 1. The topological polar surface area (TPSA) is 39.1 Å². The molecule has 1 aromatic heterocycles. The first-order valence-electron chi connectivity index (χ1n) is 6.61. The fraction of sp³-hybridized carbons (Fsp3) is 0.400.